The van der Waals surface area contributed by atoms with Gasteiger partial charge in [-0.15, -0.1) is 0 Å². The van der Waals surface area contributed by atoms with E-state index in [1.54, 1.807) is 6.07 Å². The molecule has 1 atom stereocenters. The number of carbonyl (C=O) groups excluding carboxylic acids is 1. The molecule has 0 saturated carbocycles. The van der Waals surface area contributed by atoms with E-state index in [9.17, 15) is 4.79 Å². The van der Waals surface area contributed by atoms with Gasteiger partial charge in [0.2, 0.25) is 5.91 Å². The molecule has 5 heteroatoms. The minimum atomic E-state index is -0.729. The highest BCUT2D eigenvalue weighted by Crippen LogP contribution is 2.39. The Kier molecular flexibility index (Phi) is 6.00. The zero-order chi connectivity index (χ0) is 20.3. The van der Waals surface area contributed by atoms with Gasteiger partial charge in [0.15, 0.2) is 11.6 Å². The van der Waals surface area contributed by atoms with E-state index < -0.39 is 11.7 Å². The number of hydrogen-bond acceptors (Lipinski definition) is 2. The van der Waals surface area contributed by atoms with Gasteiger partial charge in [-0.1, -0.05) is 54.9 Å². The lowest BCUT2D eigenvalue weighted by molar-refractivity contribution is 0.100. The van der Waals surface area contributed by atoms with Gasteiger partial charge in [-0.2, -0.15) is 0 Å². The van der Waals surface area contributed by atoms with Crippen molar-refractivity contribution in [3.63, 3.8) is 0 Å². The Hall–Kier alpha value is -2.85. The van der Waals surface area contributed by atoms with E-state index in [1.165, 1.54) is 19.2 Å². The van der Waals surface area contributed by atoms with Crippen molar-refractivity contribution in [3.8, 4) is 16.9 Å². The van der Waals surface area contributed by atoms with Gasteiger partial charge < -0.3 is 10.5 Å². The first kappa shape index (κ1) is 19.9. The second-order valence-electron chi connectivity index (χ2n) is 6.48. The Morgan fingerprint density at radius 2 is 1.82 bits per heavy atom. The van der Waals surface area contributed by atoms with E-state index in [0.717, 1.165) is 17.5 Å². The largest absolute Gasteiger partial charge is 0.494 e. The van der Waals surface area contributed by atoms with Crippen LogP contribution in [-0.2, 0) is 0 Å². The highest BCUT2D eigenvalue weighted by Gasteiger charge is 2.22. The first-order chi connectivity index (χ1) is 13.5. The van der Waals surface area contributed by atoms with Crippen LogP contribution in [0.2, 0.25) is 5.02 Å². The molecule has 1 unspecified atom stereocenters. The molecule has 0 aliphatic heterocycles. The molecule has 2 N–H and O–H groups in total. The molecule has 0 spiro atoms. The summed E-state index contributed by atoms with van der Waals surface area (Å²) in [6.07, 6.45) is 0.856. The Labute approximate surface area is 168 Å². The van der Waals surface area contributed by atoms with Crippen LogP contribution < -0.4 is 10.5 Å². The van der Waals surface area contributed by atoms with Gasteiger partial charge in [0.1, 0.15) is 0 Å². The van der Waals surface area contributed by atoms with Crippen LogP contribution in [-0.4, -0.2) is 13.0 Å². The normalized spacial score (nSPS) is 11.9. The summed E-state index contributed by atoms with van der Waals surface area (Å²) in [6, 6.07) is 18.4. The SMILES string of the molecule is CCC(c1ccccc1)c1ccc(Cl)c(-c2c(C(N)=O)ccc(OC)c2F)c1. The van der Waals surface area contributed by atoms with Crippen molar-refractivity contribution in [3.05, 3.63) is 88.2 Å². The molecule has 0 aliphatic carbocycles. The highest BCUT2D eigenvalue weighted by molar-refractivity contribution is 6.33. The third-order valence-corrected chi connectivity index (χ3v) is 5.19. The van der Waals surface area contributed by atoms with Gasteiger partial charge in [-0.25, -0.2) is 4.39 Å². The maximum absolute atomic E-state index is 15.1. The van der Waals surface area contributed by atoms with E-state index in [1.807, 2.05) is 30.3 Å². The number of methoxy groups -OCH3 is 1. The van der Waals surface area contributed by atoms with Crippen molar-refractivity contribution in [1.82, 2.24) is 0 Å². The zero-order valence-corrected chi connectivity index (χ0v) is 16.5. The van der Waals surface area contributed by atoms with Crippen LogP contribution in [0.4, 0.5) is 4.39 Å². The summed E-state index contributed by atoms with van der Waals surface area (Å²) in [6.45, 7) is 2.09. The lowest BCUT2D eigenvalue weighted by atomic mass is 9.87. The third-order valence-electron chi connectivity index (χ3n) is 4.86. The average molecular weight is 398 g/mol. The van der Waals surface area contributed by atoms with Crippen molar-refractivity contribution in [2.45, 2.75) is 19.3 Å². The molecule has 0 bridgehead atoms. The molecule has 144 valence electrons. The smallest absolute Gasteiger partial charge is 0.249 e. The summed E-state index contributed by atoms with van der Waals surface area (Å²) >= 11 is 6.41. The monoisotopic (exact) mass is 397 g/mol. The summed E-state index contributed by atoms with van der Waals surface area (Å²) < 4.78 is 20.2. The molecule has 0 saturated heterocycles. The summed E-state index contributed by atoms with van der Waals surface area (Å²) in [5, 5.41) is 0.335. The van der Waals surface area contributed by atoms with Crippen LogP contribution in [0, 0.1) is 5.82 Å². The minimum Gasteiger partial charge on any atom is -0.494 e. The number of rotatable bonds is 6. The summed E-state index contributed by atoms with van der Waals surface area (Å²) in [5.41, 5.74) is 8.15. The highest BCUT2D eigenvalue weighted by atomic mass is 35.5. The second-order valence-corrected chi connectivity index (χ2v) is 6.89. The second kappa shape index (κ2) is 8.44. The van der Waals surface area contributed by atoms with Crippen molar-refractivity contribution in [2.24, 2.45) is 5.73 Å². The molecular formula is C23H21ClFNO2. The molecule has 0 aliphatic rings. The van der Waals surface area contributed by atoms with E-state index in [2.05, 4.69) is 19.1 Å². The predicted octanol–water partition coefficient (Wildman–Crippen LogP) is 5.80. The number of amides is 1. The Bertz CT molecular complexity index is 1000. The molecule has 1 amide bonds. The minimum absolute atomic E-state index is 0.0246. The van der Waals surface area contributed by atoms with E-state index in [0.29, 0.717) is 10.6 Å². The Morgan fingerprint density at radius 1 is 1.11 bits per heavy atom. The number of carbonyl (C=O) groups is 1. The van der Waals surface area contributed by atoms with Crippen molar-refractivity contribution >= 4 is 17.5 Å². The molecule has 0 aromatic heterocycles. The Balaban J connectivity index is 2.22. The summed E-state index contributed by atoms with van der Waals surface area (Å²) in [4.78, 5) is 11.9. The maximum atomic E-state index is 15.1. The number of hydrogen-bond donors (Lipinski definition) is 1. The molecule has 0 fully saturated rings. The molecule has 3 rings (SSSR count). The number of ether oxygens (including phenoxy) is 1. The van der Waals surface area contributed by atoms with Gasteiger partial charge in [0, 0.05) is 22.1 Å². The molecular weight excluding hydrogens is 377 g/mol. The average Bonchev–Trinajstić information content (AvgIpc) is 2.70. The summed E-state index contributed by atoms with van der Waals surface area (Å²) in [7, 11) is 1.37. The van der Waals surface area contributed by atoms with Crippen molar-refractivity contribution in [1.29, 1.82) is 0 Å². The van der Waals surface area contributed by atoms with Gasteiger partial charge in [-0.05, 0) is 41.8 Å². The van der Waals surface area contributed by atoms with E-state index in [4.69, 9.17) is 22.1 Å². The summed E-state index contributed by atoms with van der Waals surface area (Å²) in [5.74, 6) is -1.25. The van der Waals surface area contributed by atoms with Crippen LogP contribution in [0.5, 0.6) is 5.75 Å². The number of halogens is 2. The first-order valence-corrected chi connectivity index (χ1v) is 9.36. The standard InChI is InChI=1S/C23H21ClFNO2/c1-3-16(14-7-5-4-6-8-14)15-9-11-19(24)18(13-15)21-17(23(26)27)10-12-20(28-2)22(21)25/h4-13,16H,3H2,1-2H3,(H2,26,27). The molecule has 3 aromatic rings. The number of nitrogens with two attached hydrogens (primary N) is 1. The lowest BCUT2D eigenvalue weighted by Gasteiger charge is -2.19. The predicted molar refractivity (Wildman–Crippen MR) is 110 cm³/mol. The number of benzene rings is 3. The fourth-order valence-corrected chi connectivity index (χ4v) is 3.70. The van der Waals surface area contributed by atoms with Crippen LogP contribution in [0.1, 0.15) is 40.7 Å². The Morgan fingerprint density at radius 3 is 2.43 bits per heavy atom. The number of primary amides is 1. The lowest BCUT2D eigenvalue weighted by Crippen LogP contribution is -2.14. The van der Waals surface area contributed by atoms with Crippen LogP contribution >= 0.6 is 11.6 Å². The molecule has 3 aromatic carbocycles. The van der Waals surface area contributed by atoms with Gasteiger partial charge in [0.05, 0.1) is 12.7 Å². The maximum Gasteiger partial charge on any atom is 0.249 e. The first-order valence-electron chi connectivity index (χ1n) is 8.99. The van der Waals surface area contributed by atoms with Crippen LogP contribution in [0.25, 0.3) is 11.1 Å². The van der Waals surface area contributed by atoms with Crippen molar-refractivity contribution < 1.29 is 13.9 Å². The molecule has 0 radical (unpaired) electrons. The van der Waals surface area contributed by atoms with E-state index in [-0.39, 0.29) is 22.8 Å². The quantitative estimate of drug-likeness (QED) is 0.571. The zero-order valence-electron chi connectivity index (χ0n) is 15.7. The molecule has 0 heterocycles. The molecule has 28 heavy (non-hydrogen) atoms. The molecule has 3 nitrogen and oxygen atoms in total. The fraction of sp³-hybridized carbons (Fsp3) is 0.174. The van der Waals surface area contributed by atoms with Crippen molar-refractivity contribution in [2.75, 3.05) is 7.11 Å². The van der Waals surface area contributed by atoms with Gasteiger partial charge in [-0.3, -0.25) is 4.79 Å². The fourth-order valence-electron chi connectivity index (χ4n) is 3.48. The van der Waals surface area contributed by atoms with E-state index >= 15 is 4.39 Å². The van der Waals surface area contributed by atoms with Crippen LogP contribution in [0.3, 0.4) is 0 Å². The van der Waals surface area contributed by atoms with Gasteiger partial charge >= 0.3 is 0 Å². The van der Waals surface area contributed by atoms with Gasteiger partial charge in [0.25, 0.3) is 0 Å². The third kappa shape index (κ3) is 3.73. The topological polar surface area (TPSA) is 52.3 Å². The van der Waals surface area contributed by atoms with Crippen LogP contribution in [0.15, 0.2) is 60.7 Å².